The molecule has 3 N–H and O–H groups in total. The lowest BCUT2D eigenvalue weighted by atomic mass is 10.1. The van der Waals surface area contributed by atoms with Crippen molar-refractivity contribution < 1.29 is 9.90 Å². The van der Waals surface area contributed by atoms with Gasteiger partial charge in [-0.3, -0.25) is 0 Å². The van der Waals surface area contributed by atoms with E-state index in [0.29, 0.717) is 11.3 Å². The van der Waals surface area contributed by atoms with Gasteiger partial charge in [-0.1, -0.05) is 12.1 Å². The summed E-state index contributed by atoms with van der Waals surface area (Å²) < 4.78 is 0. The van der Waals surface area contributed by atoms with E-state index in [9.17, 15) is 9.59 Å². The Hall–Kier alpha value is -2.30. The monoisotopic (exact) mass is 204 g/mol. The molecule has 2 rings (SSSR count). The Labute approximate surface area is 84.4 Å². The smallest absolute Gasteiger partial charge is 0.335 e. The number of hydrogen-bond acceptors (Lipinski definition) is 2. The quantitative estimate of drug-likeness (QED) is 0.683. The third kappa shape index (κ3) is 1.80. The summed E-state index contributed by atoms with van der Waals surface area (Å²) in [6.45, 7) is 0. The number of aromatic amines is 2. The van der Waals surface area contributed by atoms with E-state index in [1.165, 1.54) is 18.3 Å². The third-order valence-corrected chi connectivity index (χ3v) is 2.02. The van der Waals surface area contributed by atoms with E-state index in [1.54, 1.807) is 12.1 Å². The fourth-order valence-electron chi connectivity index (χ4n) is 1.31. The molecule has 0 aliphatic heterocycles. The van der Waals surface area contributed by atoms with Crippen LogP contribution < -0.4 is 5.69 Å². The van der Waals surface area contributed by atoms with E-state index < -0.39 is 5.97 Å². The normalized spacial score (nSPS) is 10.1. The van der Waals surface area contributed by atoms with Crippen LogP contribution in [0.2, 0.25) is 0 Å². The molecule has 0 saturated carbocycles. The summed E-state index contributed by atoms with van der Waals surface area (Å²) in [7, 11) is 0. The molecule has 5 heteroatoms. The minimum Gasteiger partial charge on any atom is -0.478 e. The van der Waals surface area contributed by atoms with Gasteiger partial charge in [-0.25, -0.2) is 9.59 Å². The van der Waals surface area contributed by atoms with E-state index in [1.807, 2.05) is 0 Å². The van der Waals surface area contributed by atoms with E-state index in [-0.39, 0.29) is 11.3 Å². The van der Waals surface area contributed by atoms with Gasteiger partial charge in [0.15, 0.2) is 0 Å². The first kappa shape index (κ1) is 9.26. The summed E-state index contributed by atoms with van der Waals surface area (Å²) in [6, 6.07) is 6.35. The first-order valence-electron chi connectivity index (χ1n) is 4.28. The third-order valence-electron chi connectivity index (χ3n) is 2.02. The van der Waals surface area contributed by atoms with E-state index in [0.717, 1.165) is 0 Å². The van der Waals surface area contributed by atoms with Gasteiger partial charge >= 0.3 is 11.7 Å². The average Bonchev–Trinajstić information content (AvgIpc) is 2.65. The minimum atomic E-state index is -0.991. The van der Waals surface area contributed by atoms with Gasteiger partial charge in [0.1, 0.15) is 0 Å². The van der Waals surface area contributed by atoms with Crippen LogP contribution in [0.3, 0.4) is 0 Å². The SMILES string of the molecule is O=C(O)c1cccc(-c2c[nH]c(=O)[nH]2)c1. The van der Waals surface area contributed by atoms with Gasteiger partial charge in [-0.05, 0) is 12.1 Å². The van der Waals surface area contributed by atoms with Crippen molar-refractivity contribution in [2.75, 3.05) is 0 Å². The van der Waals surface area contributed by atoms with Gasteiger partial charge in [0.25, 0.3) is 0 Å². The molecule has 0 amide bonds. The molecular weight excluding hydrogens is 196 g/mol. The molecule has 0 unspecified atom stereocenters. The standard InChI is InChI=1S/C10H8N2O3/c13-9(14)7-3-1-2-6(4-7)8-5-11-10(15)12-8/h1-5H,(H,13,14)(H2,11,12,15). The molecule has 5 nitrogen and oxygen atoms in total. The second-order valence-corrected chi connectivity index (χ2v) is 3.04. The highest BCUT2D eigenvalue weighted by molar-refractivity contribution is 5.89. The van der Waals surface area contributed by atoms with Crippen molar-refractivity contribution in [3.05, 3.63) is 46.5 Å². The molecule has 2 aromatic rings. The van der Waals surface area contributed by atoms with Gasteiger partial charge in [0.2, 0.25) is 0 Å². The summed E-state index contributed by atoms with van der Waals surface area (Å²) in [5.41, 5.74) is 1.11. The lowest BCUT2D eigenvalue weighted by Crippen LogP contribution is -2.00. The highest BCUT2D eigenvalue weighted by atomic mass is 16.4. The summed E-state index contributed by atoms with van der Waals surface area (Å²) in [4.78, 5) is 26.6. The van der Waals surface area contributed by atoms with Crippen molar-refractivity contribution in [3.8, 4) is 11.3 Å². The second kappa shape index (κ2) is 3.45. The lowest BCUT2D eigenvalue weighted by molar-refractivity contribution is 0.0697. The van der Waals surface area contributed by atoms with Crippen LogP contribution in [0.15, 0.2) is 35.3 Å². The molecule has 0 atom stereocenters. The van der Waals surface area contributed by atoms with Gasteiger partial charge in [0.05, 0.1) is 11.3 Å². The van der Waals surface area contributed by atoms with Crippen molar-refractivity contribution in [2.24, 2.45) is 0 Å². The molecule has 0 bridgehead atoms. The molecule has 0 aliphatic carbocycles. The van der Waals surface area contributed by atoms with Gasteiger partial charge in [-0.15, -0.1) is 0 Å². The zero-order valence-electron chi connectivity index (χ0n) is 7.65. The largest absolute Gasteiger partial charge is 0.478 e. The van der Waals surface area contributed by atoms with Crippen molar-refractivity contribution in [1.29, 1.82) is 0 Å². The number of benzene rings is 1. The molecular formula is C10H8N2O3. The average molecular weight is 204 g/mol. The number of carboxylic acids is 1. The fourth-order valence-corrected chi connectivity index (χ4v) is 1.31. The Morgan fingerprint density at radius 3 is 2.73 bits per heavy atom. The Morgan fingerprint density at radius 1 is 1.33 bits per heavy atom. The number of aromatic carboxylic acids is 1. The zero-order chi connectivity index (χ0) is 10.8. The number of aromatic nitrogens is 2. The molecule has 0 spiro atoms. The zero-order valence-corrected chi connectivity index (χ0v) is 7.65. The molecule has 1 aromatic heterocycles. The second-order valence-electron chi connectivity index (χ2n) is 3.04. The highest BCUT2D eigenvalue weighted by Crippen LogP contribution is 2.16. The van der Waals surface area contributed by atoms with Crippen LogP contribution in [0.1, 0.15) is 10.4 Å². The maximum Gasteiger partial charge on any atom is 0.335 e. The first-order chi connectivity index (χ1) is 7.16. The number of hydrogen-bond donors (Lipinski definition) is 3. The molecule has 0 aliphatic rings. The van der Waals surface area contributed by atoms with Gasteiger partial charge < -0.3 is 15.1 Å². The minimum absolute atomic E-state index is 0.189. The number of H-pyrrole nitrogens is 2. The Kier molecular flexibility index (Phi) is 2.13. The molecule has 15 heavy (non-hydrogen) atoms. The summed E-state index contributed by atoms with van der Waals surface area (Å²) in [5, 5.41) is 8.78. The number of rotatable bonds is 2. The Balaban J connectivity index is 2.49. The van der Waals surface area contributed by atoms with Crippen molar-refractivity contribution in [1.82, 2.24) is 9.97 Å². The molecule has 0 saturated heterocycles. The molecule has 0 radical (unpaired) electrons. The number of imidazole rings is 1. The lowest BCUT2D eigenvalue weighted by Gasteiger charge is -1.98. The molecule has 0 fully saturated rings. The predicted octanol–water partition coefficient (Wildman–Crippen LogP) is 1.07. The topological polar surface area (TPSA) is 85.9 Å². The van der Waals surface area contributed by atoms with E-state index >= 15 is 0 Å². The van der Waals surface area contributed by atoms with E-state index in [2.05, 4.69) is 9.97 Å². The van der Waals surface area contributed by atoms with E-state index in [4.69, 9.17) is 5.11 Å². The fraction of sp³-hybridized carbons (Fsp3) is 0. The summed E-state index contributed by atoms with van der Waals surface area (Å²) in [5.74, 6) is -0.991. The van der Waals surface area contributed by atoms with Crippen LogP contribution in [0.5, 0.6) is 0 Å². The number of carboxylic acid groups (broad SMARTS) is 1. The Bertz CT molecular complexity index is 554. The van der Waals surface area contributed by atoms with Crippen LogP contribution in [0, 0.1) is 0 Å². The first-order valence-corrected chi connectivity index (χ1v) is 4.28. The molecule has 1 aromatic carbocycles. The van der Waals surface area contributed by atoms with Crippen molar-refractivity contribution >= 4 is 5.97 Å². The van der Waals surface area contributed by atoms with Gasteiger partial charge in [0, 0.05) is 11.8 Å². The molecule has 1 heterocycles. The number of carbonyl (C=O) groups is 1. The van der Waals surface area contributed by atoms with Crippen LogP contribution in [0.4, 0.5) is 0 Å². The van der Waals surface area contributed by atoms with Crippen molar-refractivity contribution in [2.45, 2.75) is 0 Å². The predicted molar refractivity (Wildman–Crippen MR) is 53.8 cm³/mol. The maximum absolute atomic E-state index is 10.9. The Morgan fingerprint density at radius 2 is 2.13 bits per heavy atom. The van der Waals surface area contributed by atoms with Crippen LogP contribution in [-0.2, 0) is 0 Å². The van der Waals surface area contributed by atoms with Crippen LogP contribution >= 0.6 is 0 Å². The van der Waals surface area contributed by atoms with Crippen LogP contribution in [0.25, 0.3) is 11.3 Å². The van der Waals surface area contributed by atoms with Crippen molar-refractivity contribution in [3.63, 3.8) is 0 Å². The molecule has 76 valence electrons. The number of nitrogens with one attached hydrogen (secondary N) is 2. The maximum atomic E-state index is 10.9. The van der Waals surface area contributed by atoms with Crippen LogP contribution in [-0.4, -0.2) is 21.0 Å². The summed E-state index contributed by atoms with van der Waals surface area (Å²) in [6.07, 6.45) is 1.50. The highest BCUT2D eigenvalue weighted by Gasteiger charge is 2.05. The van der Waals surface area contributed by atoms with Gasteiger partial charge in [-0.2, -0.15) is 0 Å². The summed E-state index contributed by atoms with van der Waals surface area (Å²) >= 11 is 0.